The molecule has 0 aliphatic heterocycles. The van der Waals surface area contributed by atoms with Crippen LogP contribution in [0.2, 0.25) is 0 Å². The van der Waals surface area contributed by atoms with Gasteiger partial charge in [-0.25, -0.2) is 0 Å². The zero-order chi connectivity index (χ0) is 15.4. The summed E-state index contributed by atoms with van der Waals surface area (Å²) in [5.74, 6) is 0.655. The minimum Gasteiger partial charge on any atom is -0.361 e. The number of rotatable bonds is 5. The van der Waals surface area contributed by atoms with Gasteiger partial charge in [0.25, 0.3) is 0 Å². The maximum absolute atomic E-state index is 12.3. The average Bonchev–Trinajstić information content (AvgIpc) is 2.79. The quantitative estimate of drug-likeness (QED) is 0.916. The van der Waals surface area contributed by atoms with E-state index in [1.807, 2.05) is 44.2 Å². The van der Waals surface area contributed by atoms with Gasteiger partial charge in [0.05, 0.1) is 18.3 Å². The van der Waals surface area contributed by atoms with Crippen molar-refractivity contribution in [2.24, 2.45) is 5.73 Å². The van der Waals surface area contributed by atoms with Crippen molar-refractivity contribution in [3.05, 3.63) is 52.9 Å². The molecule has 0 radical (unpaired) electrons. The molecule has 1 unspecified atom stereocenters. The topological polar surface area (TPSA) is 72.4 Å². The van der Waals surface area contributed by atoms with Gasteiger partial charge in [0.1, 0.15) is 5.76 Å². The van der Waals surface area contributed by atoms with E-state index in [0.29, 0.717) is 13.0 Å². The highest BCUT2D eigenvalue weighted by atomic mass is 35.5. The number of amides is 1. The Morgan fingerprint density at radius 2 is 1.95 bits per heavy atom. The molecular formula is C16H22ClN3O2. The van der Waals surface area contributed by atoms with Crippen molar-refractivity contribution < 1.29 is 9.32 Å². The van der Waals surface area contributed by atoms with Crippen molar-refractivity contribution in [1.82, 2.24) is 10.1 Å². The van der Waals surface area contributed by atoms with E-state index >= 15 is 0 Å². The van der Waals surface area contributed by atoms with E-state index in [0.717, 1.165) is 22.6 Å². The van der Waals surface area contributed by atoms with Gasteiger partial charge in [0, 0.05) is 12.6 Å². The Morgan fingerprint density at radius 3 is 2.50 bits per heavy atom. The molecule has 6 heteroatoms. The molecule has 0 bridgehead atoms. The van der Waals surface area contributed by atoms with Gasteiger partial charge < -0.3 is 15.2 Å². The molecule has 1 heterocycles. The van der Waals surface area contributed by atoms with Crippen molar-refractivity contribution in [2.45, 2.75) is 32.9 Å². The lowest BCUT2D eigenvalue weighted by Gasteiger charge is -2.21. The Labute approximate surface area is 136 Å². The standard InChI is InChI=1S/C16H21N3O2.ClH/c1-11-14(12(2)21-18-11)10-19(3)16(20)15(17)9-13-7-5-4-6-8-13;/h4-8,15H,9-10,17H2,1-3H3;1H. The summed E-state index contributed by atoms with van der Waals surface area (Å²) in [6.07, 6.45) is 0.533. The summed E-state index contributed by atoms with van der Waals surface area (Å²) in [5, 5.41) is 3.90. The Kier molecular flexibility index (Phi) is 6.59. The lowest BCUT2D eigenvalue weighted by atomic mass is 10.1. The number of hydrogen-bond donors (Lipinski definition) is 1. The summed E-state index contributed by atoms with van der Waals surface area (Å²) >= 11 is 0. The monoisotopic (exact) mass is 323 g/mol. The molecule has 0 aliphatic rings. The predicted molar refractivity (Wildman–Crippen MR) is 87.8 cm³/mol. The third kappa shape index (κ3) is 4.32. The average molecular weight is 324 g/mol. The van der Waals surface area contributed by atoms with Crippen LogP contribution in [0.1, 0.15) is 22.6 Å². The van der Waals surface area contributed by atoms with E-state index in [-0.39, 0.29) is 18.3 Å². The molecule has 1 amide bonds. The van der Waals surface area contributed by atoms with E-state index in [1.54, 1.807) is 11.9 Å². The van der Waals surface area contributed by atoms with Crippen molar-refractivity contribution in [2.75, 3.05) is 7.05 Å². The summed E-state index contributed by atoms with van der Waals surface area (Å²) in [7, 11) is 1.75. The first kappa shape index (κ1) is 18.2. The first-order valence-electron chi connectivity index (χ1n) is 6.95. The highest BCUT2D eigenvalue weighted by Gasteiger charge is 2.21. The molecule has 5 nitrogen and oxygen atoms in total. The van der Waals surface area contributed by atoms with Gasteiger partial charge in [0.15, 0.2) is 0 Å². The number of halogens is 1. The smallest absolute Gasteiger partial charge is 0.239 e. The number of nitrogens with zero attached hydrogens (tertiary/aromatic N) is 2. The Morgan fingerprint density at radius 1 is 1.32 bits per heavy atom. The van der Waals surface area contributed by atoms with Crippen molar-refractivity contribution >= 4 is 18.3 Å². The van der Waals surface area contributed by atoms with Crippen LogP contribution >= 0.6 is 12.4 Å². The van der Waals surface area contributed by atoms with E-state index in [2.05, 4.69) is 5.16 Å². The second kappa shape index (κ2) is 7.96. The number of hydrogen-bond acceptors (Lipinski definition) is 4. The van der Waals surface area contributed by atoms with E-state index < -0.39 is 6.04 Å². The molecule has 0 saturated carbocycles. The summed E-state index contributed by atoms with van der Waals surface area (Å²) in [6, 6.07) is 9.24. The minimum atomic E-state index is -0.544. The molecule has 0 aliphatic carbocycles. The van der Waals surface area contributed by atoms with Crippen LogP contribution < -0.4 is 5.73 Å². The largest absolute Gasteiger partial charge is 0.361 e. The fraction of sp³-hybridized carbons (Fsp3) is 0.375. The highest BCUT2D eigenvalue weighted by molar-refractivity contribution is 5.85. The molecular weight excluding hydrogens is 302 g/mol. The van der Waals surface area contributed by atoms with E-state index in [4.69, 9.17) is 10.3 Å². The predicted octanol–water partition coefficient (Wildman–Crippen LogP) is 2.24. The third-order valence-corrected chi connectivity index (χ3v) is 3.57. The van der Waals surface area contributed by atoms with E-state index in [1.165, 1.54) is 0 Å². The van der Waals surface area contributed by atoms with Crippen molar-refractivity contribution in [3.63, 3.8) is 0 Å². The number of nitrogens with two attached hydrogens (primary N) is 1. The molecule has 1 aromatic heterocycles. The van der Waals surface area contributed by atoms with Crippen molar-refractivity contribution in [1.29, 1.82) is 0 Å². The van der Waals surface area contributed by atoms with Crippen LogP contribution in [0.5, 0.6) is 0 Å². The lowest BCUT2D eigenvalue weighted by molar-refractivity contribution is -0.131. The van der Waals surface area contributed by atoms with Gasteiger partial charge >= 0.3 is 0 Å². The molecule has 2 aromatic rings. The molecule has 0 fully saturated rings. The molecule has 1 aromatic carbocycles. The van der Waals surface area contributed by atoms with Crippen LogP contribution in [0.15, 0.2) is 34.9 Å². The third-order valence-electron chi connectivity index (χ3n) is 3.57. The fourth-order valence-corrected chi connectivity index (χ4v) is 2.28. The van der Waals surface area contributed by atoms with Crippen LogP contribution in [-0.4, -0.2) is 29.1 Å². The summed E-state index contributed by atoms with van der Waals surface area (Å²) in [4.78, 5) is 14.0. The SMILES string of the molecule is Cc1noc(C)c1CN(C)C(=O)C(N)Cc1ccccc1.Cl. The van der Waals surface area contributed by atoms with Gasteiger partial charge in [-0.15, -0.1) is 12.4 Å². The molecule has 22 heavy (non-hydrogen) atoms. The number of aryl methyl sites for hydroxylation is 2. The summed E-state index contributed by atoms with van der Waals surface area (Å²) in [5.41, 5.74) is 8.84. The Hall–Kier alpha value is -1.85. The maximum Gasteiger partial charge on any atom is 0.239 e. The van der Waals surface area contributed by atoms with Crippen LogP contribution in [0.25, 0.3) is 0 Å². The van der Waals surface area contributed by atoms with Gasteiger partial charge in [0.2, 0.25) is 5.91 Å². The van der Waals surface area contributed by atoms with Gasteiger partial charge in [-0.3, -0.25) is 4.79 Å². The maximum atomic E-state index is 12.3. The number of benzene rings is 1. The van der Waals surface area contributed by atoms with Gasteiger partial charge in [-0.05, 0) is 25.8 Å². The van der Waals surface area contributed by atoms with Crippen LogP contribution in [-0.2, 0) is 17.8 Å². The molecule has 2 N–H and O–H groups in total. The second-order valence-electron chi connectivity index (χ2n) is 5.29. The van der Waals surface area contributed by atoms with Crippen molar-refractivity contribution in [3.8, 4) is 0 Å². The van der Waals surface area contributed by atoms with E-state index in [9.17, 15) is 4.79 Å². The summed E-state index contributed by atoms with van der Waals surface area (Å²) in [6.45, 7) is 4.17. The fourth-order valence-electron chi connectivity index (χ4n) is 2.28. The zero-order valence-corrected chi connectivity index (χ0v) is 13.9. The van der Waals surface area contributed by atoms with Crippen LogP contribution in [0, 0.1) is 13.8 Å². The van der Waals surface area contributed by atoms with Gasteiger partial charge in [-0.1, -0.05) is 35.5 Å². The number of carbonyl (C=O) groups is 1. The Bertz CT molecular complexity index is 594. The number of carbonyl (C=O) groups excluding carboxylic acids is 1. The number of likely N-dealkylation sites (N-methyl/N-ethyl adjacent to an activating group) is 1. The van der Waals surface area contributed by atoms with Crippen LogP contribution in [0.3, 0.4) is 0 Å². The normalized spacial score (nSPS) is 11.6. The molecule has 1 atom stereocenters. The van der Waals surface area contributed by atoms with Crippen LogP contribution in [0.4, 0.5) is 0 Å². The molecule has 120 valence electrons. The summed E-state index contributed by atoms with van der Waals surface area (Å²) < 4.78 is 5.11. The zero-order valence-electron chi connectivity index (χ0n) is 13.1. The lowest BCUT2D eigenvalue weighted by Crippen LogP contribution is -2.42. The second-order valence-corrected chi connectivity index (χ2v) is 5.29. The minimum absolute atomic E-state index is 0. The number of aromatic nitrogens is 1. The van der Waals surface area contributed by atoms with Gasteiger partial charge in [-0.2, -0.15) is 0 Å². The molecule has 2 rings (SSSR count). The molecule has 0 saturated heterocycles. The highest BCUT2D eigenvalue weighted by Crippen LogP contribution is 2.15. The molecule has 0 spiro atoms. The Balaban J connectivity index is 0.00000242. The first-order chi connectivity index (χ1) is 9.99. The first-order valence-corrected chi connectivity index (χ1v) is 6.95.